The van der Waals surface area contributed by atoms with Gasteiger partial charge in [-0.25, -0.2) is 17.8 Å². The zero-order valence-corrected chi connectivity index (χ0v) is 12.4. The molecule has 100 valence electrons. The molecule has 1 N–H and O–H groups in total. The fourth-order valence-corrected chi connectivity index (χ4v) is 3.03. The van der Waals surface area contributed by atoms with Gasteiger partial charge in [-0.15, -0.1) is 0 Å². The Bertz CT molecular complexity index is 724. The molecule has 0 aliphatic heterocycles. The van der Waals surface area contributed by atoms with Crippen molar-refractivity contribution < 1.29 is 12.8 Å². The number of pyridine rings is 1. The molecule has 0 amide bonds. The number of aromatic nitrogens is 1. The van der Waals surface area contributed by atoms with Gasteiger partial charge in [0.15, 0.2) is 5.15 Å². The van der Waals surface area contributed by atoms with Crippen LogP contribution in [0.1, 0.15) is 0 Å². The first-order valence-electron chi connectivity index (χ1n) is 4.98. The molecule has 19 heavy (non-hydrogen) atoms. The Balaban J connectivity index is 2.43. The number of rotatable bonds is 3. The second kappa shape index (κ2) is 5.44. The highest BCUT2D eigenvalue weighted by atomic mass is 79.9. The Morgan fingerprint density at radius 2 is 2.00 bits per heavy atom. The van der Waals surface area contributed by atoms with Gasteiger partial charge in [-0.05, 0) is 34.1 Å². The van der Waals surface area contributed by atoms with Crippen LogP contribution in [0, 0.1) is 5.82 Å². The summed E-state index contributed by atoms with van der Waals surface area (Å²) >= 11 is 8.92. The fraction of sp³-hybridized carbons (Fsp3) is 0. The summed E-state index contributed by atoms with van der Waals surface area (Å²) < 4.78 is 40.3. The average molecular weight is 366 g/mol. The molecule has 0 saturated heterocycles. The van der Waals surface area contributed by atoms with Crippen molar-refractivity contribution >= 4 is 43.2 Å². The van der Waals surface area contributed by atoms with E-state index in [2.05, 4.69) is 25.6 Å². The first-order valence-corrected chi connectivity index (χ1v) is 7.64. The highest BCUT2D eigenvalue weighted by molar-refractivity contribution is 9.10. The summed E-state index contributed by atoms with van der Waals surface area (Å²) in [6.45, 7) is 0. The van der Waals surface area contributed by atoms with Crippen LogP contribution in [-0.4, -0.2) is 13.4 Å². The first kappa shape index (κ1) is 14.2. The van der Waals surface area contributed by atoms with Gasteiger partial charge in [0, 0.05) is 10.7 Å². The second-order valence-electron chi connectivity index (χ2n) is 3.53. The molecule has 0 fully saturated rings. The Labute approximate surface area is 122 Å². The topological polar surface area (TPSA) is 59.1 Å². The smallest absolute Gasteiger partial charge is 0.264 e. The van der Waals surface area contributed by atoms with Gasteiger partial charge < -0.3 is 0 Å². The SMILES string of the molecule is O=S(=O)(Nc1cc(Br)cnc1Cl)c1ccccc1F. The van der Waals surface area contributed by atoms with Gasteiger partial charge in [0.05, 0.1) is 5.69 Å². The fourth-order valence-electron chi connectivity index (χ4n) is 1.36. The van der Waals surface area contributed by atoms with Crippen LogP contribution in [0.25, 0.3) is 0 Å². The summed E-state index contributed by atoms with van der Waals surface area (Å²) in [7, 11) is -4.05. The molecule has 2 aromatic rings. The van der Waals surface area contributed by atoms with E-state index in [1.54, 1.807) is 0 Å². The van der Waals surface area contributed by atoms with E-state index in [9.17, 15) is 12.8 Å². The van der Waals surface area contributed by atoms with E-state index in [4.69, 9.17) is 11.6 Å². The number of nitrogens with zero attached hydrogens (tertiary/aromatic N) is 1. The Morgan fingerprint density at radius 1 is 1.32 bits per heavy atom. The predicted molar refractivity (Wildman–Crippen MR) is 74.2 cm³/mol. The number of halogens is 3. The van der Waals surface area contributed by atoms with Gasteiger partial charge in [0.1, 0.15) is 10.7 Å². The van der Waals surface area contributed by atoms with Gasteiger partial charge in [-0.1, -0.05) is 23.7 Å². The summed E-state index contributed by atoms with van der Waals surface area (Å²) in [6, 6.07) is 6.50. The molecular weight excluding hydrogens is 359 g/mol. The van der Waals surface area contributed by atoms with Crippen molar-refractivity contribution in [3.05, 3.63) is 52.0 Å². The van der Waals surface area contributed by atoms with Gasteiger partial charge >= 0.3 is 0 Å². The molecule has 8 heteroatoms. The quantitative estimate of drug-likeness (QED) is 0.848. The number of hydrogen-bond acceptors (Lipinski definition) is 3. The van der Waals surface area contributed by atoms with Crippen LogP contribution in [0.15, 0.2) is 45.9 Å². The van der Waals surface area contributed by atoms with Crippen molar-refractivity contribution in [1.82, 2.24) is 4.98 Å². The minimum absolute atomic E-state index is 0.0249. The van der Waals surface area contributed by atoms with Crippen molar-refractivity contribution in [3.8, 4) is 0 Å². The second-order valence-corrected chi connectivity index (χ2v) is 6.45. The van der Waals surface area contributed by atoms with Crippen molar-refractivity contribution in [2.45, 2.75) is 4.90 Å². The third-order valence-electron chi connectivity index (χ3n) is 2.18. The maximum Gasteiger partial charge on any atom is 0.264 e. The summed E-state index contributed by atoms with van der Waals surface area (Å²) in [5, 5.41) is -0.0249. The van der Waals surface area contributed by atoms with Crippen molar-refractivity contribution in [2.24, 2.45) is 0 Å². The van der Waals surface area contributed by atoms with Crippen LogP contribution < -0.4 is 4.72 Å². The average Bonchev–Trinajstić information content (AvgIpc) is 2.34. The number of sulfonamides is 1. The summed E-state index contributed by atoms with van der Waals surface area (Å²) in [5.74, 6) is -0.839. The van der Waals surface area contributed by atoms with Crippen LogP contribution in [0.4, 0.5) is 10.1 Å². The van der Waals surface area contributed by atoms with E-state index in [1.165, 1.54) is 24.4 Å². The van der Waals surface area contributed by atoms with E-state index >= 15 is 0 Å². The van der Waals surface area contributed by atoms with Crippen LogP contribution >= 0.6 is 27.5 Å². The maximum absolute atomic E-state index is 13.5. The number of nitrogens with one attached hydrogen (secondary N) is 1. The van der Waals surface area contributed by atoms with E-state index < -0.39 is 20.7 Å². The standard InChI is InChI=1S/C11H7BrClFN2O2S/c12-7-5-9(11(13)15-6-7)16-19(17,18)10-4-2-1-3-8(10)14/h1-6,16H. The molecule has 0 radical (unpaired) electrons. The first-order chi connectivity index (χ1) is 8.90. The number of benzene rings is 1. The maximum atomic E-state index is 13.5. The lowest BCUT2D eigenvalue weighted by Gasteiger charge is -2.09. The van der Waals surface area contributed by atoms with E-state index in [0.717, 1.165) is 12.1 Å². The summed E-state index contributed by atoms with van der Waals surface area (Å²) in [5.41, 5.74) is 0.0688. The largest absolute Gasteiger partial charge is 0.276 e. The molecule has 0 atom stereocenters. The van der Waals surface area contributed by atoms with Gasteiger partial charge in [0.2, 0.25) is 0 Å². The number of anilines is 1. The Hall–Kier alpha value is -1.18. The van der Waals surface area contributed by atoms with Crippen LogP contribution in [0.5, 0.6) is 0 Å². The zero-order valence-electron chi connectivity index (χ0n) is 9.27. The summed E-state index contributed by atoms with van der Waals surface area (Å²) in [6.07, 6.45) is 1.42. The van der Waals surface area contributed by atoms with E-state index in [-0.39, 0.29) is 10.8 Å². The molecule has 4 nitrogen and oxygen atoms in total. The van der Waals surface area contributed by atoms with E-state index in [1.807, 2.05) is 0 Å². The zero-order chi connectivity index (χ0) is 14.0. The third-order valence-corrected chi connectivity index (χ3v) is 4.31. The Kier molecular flexibility index (Phi) is 4.07. The molecule has 1 aromatic carbocycles. The van der Waals surface area contributed by atoms with Crippen LogP contribution in [0.2, 0.25) is 5.15 Å². The van der Waals surface area contributed by atoms with Crippen LogP contribution in [-0.2, 0) is 10.0 Å². The highest BCUT2D eigenvalue weighted by Gasteiger charge is 2.20. The summed E-state index contributed by atoms with van der Waals surface area (Å²) in [4.78, 5) is 3.32. The monoisotopic (exact) mass is 364 g/mol. The molecular formula is C11H7BrClFN2O2S. The lowest BCUT2D eigenvalue weighted by molar-refractivity contribution is 0.570. The van der Waals surface area contributed by atoms with Crippen molar-refractivity contribution in [2.75, 3.05) is 4.72 Å². The Morgan fingerprint density at radius 3 is 2.68 bits per heavy atom. The molecule has 0 aliphatic carbocycles. The number of hydrogen-bond donors (Lipinski definition) is 1. The predicted octanol–water partition coefficient (Wildman–Crippen LogP) is 3.44. The lowest BCUT2D eigenvalue weighted by atomic mass is 10.4. The van der Waals surface area contributed by atoms with Gasteiger partial charge in [-0.2, -0.15) is 0 Å². The van der Waals surface area contributed by atoms with Crippen molar-refractivity contribution in [1.29, 1.82) is 0 Å². The minimum Gasteiger partial charge on any atom is -0.276 e. The highest BCUT2D eigenvalue weighted by Crippen LogP contribution is 2.26. The van der Waals surface area contributed by atoms with E-state index in [0.29, 0.717) is 4.47 Å². The minimum atomic E-state index is -4.05. The molecule has 0 bridgehead atoms. The van der Waals surface area contributed by atoms with Crippen molar-refractivity contribution in [3.63, 3.8) is 0 Å². The van der Waals surface area contributed by atoms with Crippen LogP contribution in [0.3, 0.4) is 0 Å². The lowest BCUT2D eigenvalue weighted by Crippen LogP contribution is -2.15. The molecule has 2 rings (SSSR count). The van der Waals surface area contributed by atoms with Gasteiger partial charge in [0.25, 0.3) is 10.0 Å². The molecule has 1 heterocycles. The molecule has 1 aromatic heterocycles. The third kappa shape index (κ3) is 3.23. The van der Waals surface area contributed by atoms with Gasteiger partial charge in [-0.3, -0.25) is 4.72 Å². The normalized spacial score (nSPS) is 11.3. The molecule has 0 spiro atoms. The molecule has 0 aliphatic rings. The molecule has 0 unspecified atom stereocenters. The molecule has 0 saturated carbocycles.